The zero-order valence-corrected chi connectivity index (χ0v) is 12.8. The molecule has 128 valence electrons. The highest BCUT2D eigenvalue weighted by atomic mass is 16.6. The maximum Gasteiger partial charge on any atom is 0.337 e. The average molecular weight is 343 g/mol. The predicted molar refractivity (Wildman–Crippen MR) is 88.7 cm³/mol. The summed E-state index contributed by atoms with van der Waals surface area (Å²) in [7, 11) is 0. The number of nitro benzene ring substituents is 1. The molecule has 9 nitrogen and oxygen atoms in total. The fraction of sp³-hybridized carbons (Fsp3) is 0.0625. The Kier molecular flexibility index (Phi) is 5.77. The quantitative estimate of drug-likeness (QED) is 0.450. The second-order valence-electron chi connectivity index (χ2n) is 4.76. The van der Waals surface area contributed by atoms with E-state index in [4.69, 9.17) is 9.94 Å². The predicted octanol–water partition coefficient (Wildman–Crippen LogP) is 2.28. The van der Waals surface area contributed by atoms with Gasteiger partial charge in [-0.05, 0) is 12.1 Å². The summed E-state index contributed by atoms with van der Waals surface area (Å²) >= 11 is 0. The van der Waals surface area contributed by atoms with Gasteiger partial charge in [0.15, 0.2) is 6.61 Å². The SMILES string of the molecule is O=C(CON=Cc1cccc([N+](=O)[O-])c1)Nc1ccccc1C(=O)O. The molecule has 2 N–H and O–H groups in total. The van der Waals surface area contributed by atoms with Crippen LogP contribution in [0.3, 0.4) is 0 Å². The summed E-state index contributed by atoms with van der Waals surface area (Å²) in [6, 6.07) is 11.7. The number of anilines is 1. The zero-order chi connectivity index (χ0) is 18.2. The number of nitrogens with zero attached hydrogens (tertiary/aromatic N) is 2. The van der Waals surface area contributed by atoms with Gasteiger partial charge in [0.05, 0.1) is 22.4 Å². The molecule has 2 rings (SSSR count). The van der Waals surface area contributed by atoms with Crippen LogP contribution in [0.4, 0.5) is 11.4 Å². The standard InChI is InChI=1S/C16H13N3O6/c20-15(18-14-7-2-1-6-13(14)16(21)22)10-25-17-9-11-4-3-5-12(8-11)19(23)24/h1-9H,10H2,(H,18,20)(H,21,22). The number of benzene rings is 2. The molecule has 0 aromatic heterocycles. The molecule has 0 saturated heterocycles. The Morgan fingerprint density at radius 3 is 2.72 bits per heavy atom. The van der Waals surface area contributed by atoms with E-state index in [1.165, 1.54) is 36.5 Å². The van der Waals surface area contributed by atoms with Crippen molar-refractivity contribution in [2.45, 2.75) is 0 Å². The molecule has 25 heavy (non-hydrogen) atoms. The maximum absolute atomic E-state index is 11.7. The molecule has 0 aliphatic carbocycles. The van der Waals surface area contributed by atoms with E-state index in [0.29, 0.717) is 5.56 Å². The number of oxime groups is 1. The second-order valence-corrected chi connectivity index (χ2v) is 4.76. The van der Waals surface area contributed by atoms with Crippen LogP contribution in [-0.4, -0.2) is 34.7 Å². The van der Waals surface area contributed by atoms with E-state index in [0.717, 1.165) is 0 Å². The Bertz CT molecular complexity index is 834. The molecule has 0 bridgehead atoms. The molecule has 0 heterocycles. The first-order valence-electron chi connectivity index (χ1n) is 6.99. The van der Waals surface area contributed by atoms with Crippen LogP contribution in [0.25, 0.3) is 0 Å². The Balaban J connectivity index is 1.90. The van der Waals surface area contributed by atoms with Crippen LogP contribution in [0.1, 0.15) is 15.9 Å². The van der Waals surface area contributed by atoms with E-state index in [2.05, 4.69) is 10.5 Å². The molecule has 0 spiro atoms. The number of non-ortho nitro benzene ring substituents is 1. The molecular weight excluding hydrogens is 330 g/mol. The van der Waals surface area contributed by atoms with E-state index >= 15 is 0 Å². The van der Waals surface area contributed by atoms with Gasteiger partial charge in [0.25, 0.3) is 11.6 Å². The van der Waals surface area contributed by atoms with Crippen molar-refractivity contribution in [2.75, 3.05) is 11.9 Å². The van der Waals surface area contributed by atoms with Crippen LogP contribution in [-0.2, 0) is 9.63 Å². The Labute approximate surface area is 141 Å². The number of aromatic carboxylic acids is 1. The van der Waals surface area contributed by atoms with Crippen LogP contribution in [0, 0.1) is 10.1 Å². The fourth-order valence-electron chi connectivity index (χ4n) is 1.88. The number of carbonyl (C=O) groups excluding carboxylic acids is 1. The van der Waals surface area contributed by atoms with Crippen molar-refractivity contribution in [3.63, 3.8) is 0 Å². The number of carboxylic acid groups (broad SMARTS) is 1. The van der Waals surface area contributed by atoms with Crippen molar-refractivity contribution in [3.05, 3.63) is 69.8 Å². The Hall–Kier alpha value is -3.75. The Morgan fingerprint density at radius 2 is 2.00 bits per heavy atom. The van der Waals surface area contributed by atoms with Gasteiger partial charge in [-0.1, -0.05) is 29.4 Å². The summed E-state index contributed by atoms with van der Waals surface area (Å²) < 4.78 is 0. The number of hydrogen-bond acceptors (Lipinski definition) is 6. The lowest BCUT2D eigenvalue weighted by Gasteiger charge is -2.07. The third-order valence-electron chi connectivity index (χ3n) is 2.98. The number of rotatable bonds is 7. The molecule has 2 aromatic carbocycles. The normalized spacial score (nSPS) is 10.4. The largest absolute Gasteiger partial charge is 0.478 e. The molecule has 0 fully saturated rings. The van der Waals surface area contributed by atoms with Crippen molar-refractivity contribution in [1.29, 1.82) is 0 Å². The highest BCUT2D eigenvalue weighted by Crippen LogP contribution is 2.14. The third kappa shape index (κ3) is 5.13. The van der Waals surface area contributed by atoms with Gasteiger partial charge in [0.2, 0.25) is 0 Å². The monoisotopic (exact) mass is 343 g/mol. The van der Waals surface area contributed by atoms with Crippen LogP contribution < -0.4 is 5.32 Å². The number of hydrogen-bond donors (Lipinski definition) is 2. The summed E-state index contributed by atoms with van der Waals surface area (Å²) in [5.41, 5.74) is 0.444. The summed E-state index contributed by atoms with van der Waals surface area (Å²) in [6.45, 7) is -0.445. The first-order valence-corrected chi connectivity index (χ1v) is 6.99. The van der Waals surface area contributed by atoms with Gasteiger partial charge in [0, 0.05) is 17.7 Å². The molecule has 0 atom stereocenters. The summed E-state index contributed by atoms with van der Waals surface area (Å²) in [6.07, 6.45) is 1.23. The number of carbonyl (C=O) groups is 2. The zero-order valence-electron chi connectivity index (χ0n) is 12.8. The van der Waals surface area contributed by atoms with Gasteiger partial charge < -0.3 is 15.3 Å². The van der Waals surface area contributed by atoms with Crippen LogP contribution in [0.15, 0.2) is 53.7 Å². The van der Waals surface area contributed by atoms with Crippen LogP contribution in [0.5, 0.6) is 0 Å². The number of nitro groups is 1. The third-order valence-corrected chi connectivity index (χ3v) is 2.98. The molecule has 0 radical (unpaired) electrons. The summed E-state index contributed by atoms with van der Waals surface area (Å²) in [5.74, 6) is -1.76. The van der Waals surface area contributed by atoms with Crippen LogP contribution in [0.2, 0.25) is 0 Å². The summed E-state index contributed by atoms with van der Waals surface area (Å²) in [5, 5.41) is 25.6. The molecule has 1 amide bonds. The lowest BCUT2D eigenvalue weighted by molar-refractivity contribution is -0.384. The first-order chi connectivity index (χ1) is 12.0. The molecule has 2 aromatic rings. The minimum absolute atomic E-state index is 0.0454. The summed E-state index contributed by atoms with van der Waals surface area (Å²) in [4.78, 5) is 37.7. The fourth-order valence-corrected chi connectivity index (χ4v) is 1.88. The van der Waals surface area contributed by atoms with E-state index < -0.39 is 23.4 Å². The van der Waals surface area contributed by atoms with E-state index in [1.54, 1.807) is 18.2 Å². The van der Waals surface area contributed by atoms with Gasteiger partial charge in [-0.25, -0.2) is 4.79 Å². The van der Waals surface area contributed by atoms with Gasteiger partial charge >= 0.3 is 5.97 Å². The molecule has 0 aliphatic heterocycles. The van der Waals surface area contributed by atoms with Crippen molar-refractivity contribution in [2.24, 2.45) is 5.16 Å². The molecular formula is C16H13N3O6. The lowest BCUT2D eigenvalue weighted by atomic mass is 10.2. The first kappa shape index (κ1) is 17.6. The average Bonchev–Trinajstić information content (AvgIpc) is 2.59. The van der Waals surface area contributed by atoms with E-state index in [-0.39, 0.29) is 16.9 Å². The Morgan fingerprint density at radius 1 is 1.24 bits per heavy atom. The number of amides is 1. The number of para-hydroxylation sites is 1. The van der Waals surface area contributed by atoms with Gasteiger partial charge in [-0.3, -0.25) is 14.9 Å². The second kappa shape index (κ2) is 8.20. The van der Waals surface area contributed by atoms with Gasteiger partial charge in [-0.15, -0.1) is 0 Å². The minimum atomic E-state index is -1.17. The molecule has 9 heteroatoms. The molecule has 0 saturated carbocycles. The molecule has 0 unspecified atom stereocenters. The van der Waals surface area contributed by atoms with E-state index in [9.17, 15) is 19.7 Å². The highest BCUT2D eigenvalue weighted by molar-refractivity contribution is 6.00. The van der Waals surface area contributed by atoms with Gasteiger partial charge in [-0.2, -0.15) is 0 Å². The van der Waals surface area contributed by atoms with Crippen molar-refractivity contribution < 1.29 is 24.5 Å². The topological polar surface area (TPSA) is 131 Å². The number of nitrogens with one attached hydrogen (secondary N) is 1. The lowest BCUT2D eigenvalue weighted by Crippen LogP contribution is -2.18. The maximum atomic E-state index is 11.7. The molecule has 0 aliphatic rings. The van der Waals surface area contributed by atoms with Gasteiger partial charge in [0.1, 0.15) is 0 Å². The highest BCUT2D eigenvalue weighted by Gasteiger charge is 2.11. The minimum Gasteiger partial charge on any atom is -0.478 e. The van der Waals surface area contributed by atoms with E-state index in [1.807, 2.05) is 0 Å². The van der Waals surface area contributed by atoms with Crippen molar-refractivity contribution >= 4 is 29.5 Å². The van der Waals surface area contributed by atoms with Crippen molar-refractivity contribution in [3.8, 4) is 0 Å². The van der Waals surface area contributed by atoms with Crippen LogP contribution >= 0.6 is 0 Å². The smallest absolute Gasteiger partial charge is 0.337 e. The van der Waals surface area contributed by atoms with Crippen molar-refractivity contribution in [1.82, 2.24) is 0 Å². The number of carboxylic acids is 1.